The molecule has 1 N–H and O–H groups in total. The minimum Gasteiger partial charge on any atom is -0.358 e. The van der Waals surface area contributed by atoms with Gasteiger partial charge in [-0.3, -0.25) is 4.79 Å². The highest BCUT2D eigenvalue weighted by atomic mass is 16.5. The third kappa shape index (κ3) is 2.40. The Morgan fingerprint density at radius 1 is 1.47 bits per heavy atom. The molecular weight excluding hydrogens is 190 g/mol. The highest BCUT2D eigenvalue weighted by Crippen LogP contribution is 2.29. The van der Waals surface area contributed by atoms with Crippen molar-refractivity contribution in [3.63, 3.8) is 0 Å². The fourth-order valence-electron chi connectivity index (χ4n) is 2.19. The number of amides is 1. The van der Waals surface area contributed by atoms with Gasteiger partial charge in [-0.25, -0.2) is 0 Å². The number of ether oxygens (including phenoxy) is 1. The Morgan fingerprint density at radius 2 is 2.33 bits per heavy atom. The van der Waals surface area contributed by atoms with Crippen molar-refractivity contribution < 1.29 is 9.53 Å². The quantitative estimate of drug-likeness (QED) is 0.566. The standard InChI is InChI=1S/C12H19NO2/c1-2-3-8-15-12-10-6-4-9(5-7-10)11(14)13-12/h4,6,9-10,12H,2-3,5,7-8H2,1H3,(H,13,14)/t9-,10+,12+/m1/s1. The Bertz CT molecular complexity index is 262. The Morgan fingerprint density at radius 3 is 3.00 bits per heavy atom. The van der Waals surface area contributed by atoms with E-state index in [1.54, 1.807) is 0 Å². The summed E-state index contributed by atoms with van der Waals surface area (Å²) >= 11 is 0. The second-order valence-electron chi connectivity index (χ2n) is 4.39. The van der Waals surface area contributed by atoms with Gasteiger partial charge in [-0.05, 0) is 19.3 Å². The van der Waals surface area contributed by atoms with Gasteiger partial charge < -0.3 is 10.1 Å². The van der Waals surface area contributed by atoms with E-state index in [4.69, 9.17) is 4.74 Å². The highest BCUT2D eigenvalue weighted by Gasteiger charge is 2.33. The Balaban J connectivity index is 1.94. The molecule has 3 atom stereocenters. The Labute approximate surface area is 90.9 Å². The van der Waals surface area contributed by atoms with E-state index in [2.05, 4.69) is 18.3 Å². The molecule has 3 heteroatoms. The molecule has 2 aliphatic heterocycles. The van der Waals surface area contributed by atoms with E-state index in [0.29, 0.717) is 5.92 Å². The zero-order chi connectivity index (χ0) is 10.7. The molecule has 3 aliphatic rings. The van der Waals surface area contributed by atoms with Crippen molar-refractivity contribution in [1.82, 2.24) is 5.32 Å². The molecule has 3 rings (SSSR count). The number of hydrogen-bond donors (Lipinski definition) is 1. The molecule has 1 aliphatic carbocycles. The first-order chi connectivity index (χ1) is 7.31. The number of nitrogens with one attached hydrogen (secondary N) is 1. The number of carbonyl (C=O) groups excluding carboxylic acids is 1. The van der Waals surface area contributed by atoms with Crippen LogP contribution in [0.3, 0.4) is 0 Å². The van der Waals surface area contributed by atoms with Gasteiger partial charge in [-0.1, -0.05) is 25.5 Å². The third-order valence-corrected chi connectivity index (χ3v) is 3.21. The molecule has 3 nitrogen and oxygen atoms in total. The van der Waals surface area contributed by atoms with Gasteiger partial charge in [-0.15, -0.1) is 0 Å². The molecule has 15 heavy (non-hydrogen) atoms. The van der Waals surface area contributed by atoms with E-state index in [1.807, 2.05) is 6.08 Å². The second kappa shape index (κ2) is 4.79. The first-order valence-corrected chi connectivity index (χ1v) is 5.91. The first-order valence-electron chi connectivity index (χ1n) is 5.91. The maximum absolute atomic E-state index is 11.7. The largest absolute Gasteiger partial charge is 0.358 e. The number of rotatable bonds is 4. The molecule has 0 aromatic rings. The Hall–Kier alpha value is -0.830. The van der Waals surface area contributed by atoms with Crippen LogP contribution in [0.5, 0.6) is 0 Å². The van der Waals surface area contributed by atoms with E-state index in [0.717, 1.165) is 32.3 Å². The fraction of sp³-hybridized carbons (Fsp3) is 0.750. The molecule has 0 aromatic carbocycles. The van der Waals surface area contributed by atoms with Crippen molar-refractivity contribution in [1.29, 1.82) is 0 Å². The molecule has 0 saturated carbocycles. The van der Waals surface area contributed by atoms with Gasteiger partial charge in [0.25, 0.3) is 0 Å². The normalized spacial score (nSPS) is 33.9. The zero-order valence-corrected chi connectivity index (χ0v) is 9.24. The molecular formula is C12H19NO2. The number of fused-ring (bicyclic) bond motifs is 3. The SMILES string of the molecule is CCCCO[C@@H]1NC(=O)[C@@H]2C=C[C@H]1CC2. The molecule has 0 aromatic heterocycles. The van der Waals surface area contributed by atoms with Crippen molar-refractivity contribution in [2.45, 2.75) is 38.8 Å². The molecule has 0 unspecified atom stereocenters. The number of unbranched alkanes of at least 4 members (excludes halogenated alkanes) is 1. The van der Waals surface area contributed by atoms with Crippen LogP contribution in [-0.4, -0.2) is 18.7 Å². The predicted octanol–water partition coefficient (Wildman–Crippen LogP) is 1.84. The molecule has 0 radical (unpaired) electrons. The average Bonchev–Trinajstić information content (AvgIpc) is 2.50. The lowest BCUT2D eigenvalue weighted by Crippen LogP contribution is -2.40. The smallest absolute Gasteiger partial charge is 0.228 e. The van der Waals surface area contributed by atoms with E-state index < -0.39 is 0 Å². The molecule has 1 amide bonds. The van der Waals surface area contributed by atoms with Gasteiger partial charge in [0.2, 0.25) is 5.91 Å². The van der Waals surface area contributed by atoms with Gasteiger partial charge in [-0.2, -0.15) is 0 Å². The van der Waals surface area contributed by atoms with Gasteiger partial charge in [0.1, 0.15) is 6.23 Å². The Kier molecular flexibility index (Phi) is 3.41. The van der Waals surface area contributed by atoms with Crippen LogP contribution in [0.25, 0.3) is 0 Å². The van der Waals surface area contributed by atoms with Crippen LogP contribution in [0.4, 0.5) is 0 Å². The van der Waals surface area contributed by atoms with Crippen LogP contribution in [0.15, 0.2) is 12.2 Å². The van der Waals surface area contributed by atoms with Crippen molar-refractivity contribution >= 4 is 5.91 Å². The van der Waals surface area contributed by atoms with Gasteiger partial charge in [0, 0.05) is 12.5 Å². The fourth-order valence-corrected chi connectivity index (χ4v) is 2.19. The minimum atomic E-state index is -0.0900. The van der Waals surface area contributed by atoms with Crippen molar-refractivity contribution in [2.75, 3.05) is 6.61 Å². The summed E-state index contributed by atoms with van der Waals surface area (Å²) in [5, 5.41) is 2.98. The summed E-state index contributed by atoms with van der Waals surface area (Å²) in [4.78, 5) is 11.7. The van der Waals surface area contributed by atoms with Gasteiger partial charge in [0.15, 0.2) is 0 Å². The summed E-state index contributed by atoms with van der Waals surface area (Å²) in [6.07, 6.45) is 8.32. The van der Waals surface area contributed by atoms with Crippen LogP contribution in [0.1, 0.15) is 32.6 Å². The first kappa shape index (κ1) is 10.7. The van der Waals surface area contributed by atoms with Gasteiger partial charge >= 0.3 is 0 Å². The van der Waals surface area contributed by atoms with Crippen LogP contribution in [0.2, 0.25) is 0 Å². The summed E-state index contributed by atoms with van der Waals surface area (Å²) in [7, 11) is 0. The van der Waals surface area contributed by atoms with Crippen LogP contribution in [-0.2, 0) is 9.53 Å². The molecule has 84 valence electrons. The summed E-state index contributed by atoms with van der Waals surface area (Å²) < 4.78 is 5.72. The summed E-state index contributed by atoms with van der Waals surface area (Å²) in [5.74, 6) is 0.596. The summed E-state index contributed by atoms with van der Waals surface area (Å²) in [6.45, 7) is 2.89. The predicted molar refractivity (Wildman–Crippen MR) is 58.1 cm³/mol. The summed E-state index contributed by atoms with van der Waals surface area (Å²) in [5.41, 5.74) is 0. The maximum atomic E-state index is 11.7. The number of carbonyl (C=O) groups is 1. The third-order valence-electron chi connectivity index (χ3n) is 3.21. The topological polar surface area (TPSA) is 38.3 Å². The van der Waals surface area contributed by atoms with Crippen molar-refractivity contribution in [3.8, 4) is 0 Å². The number of hydrogen-bond acceptors (Lipinski definition) is 2. The lowest BCUT2D eigenvalue weighted by atomic mass is 9.90. The lowest BCUT2D eigenvalue weighted by molar-refractivity contribution is -0.127. The minimum absolute atomic E-state index is 0.0843. The molecule has 2 heterocycles. The summed E-state index contributed by atoms with van der Waals surface area (Å²) in [6, 6.07) is 0. The van der Waals surface area contributed by atoms with Gasteiger partial charge in [0.05, 0.1) is 5.92 Å². The van der Waals surface area contributed by atoms with E-state index in [9.17, 15) is 4.79 Å². The monoisotopic (exact) mass is 209 g/mol. The molecule has 1 fully saturated rings. The second-order valence-corrected chi connectivity index (χ2v) is 4.39. The van der Waals surface area contributed by atoms with E-state index in [-0.39, 0.29) is 18.1 Å². The zero-order valence-electron chi connectivity index (χ0n) is 9.24. The highest BCUT2D eigenvalue weighted by molar-refractivity contribution is 5.81. The lowest BCUT2D eigenvalue weighted by Gasteiger charge is -2.23. The molecule has 2 bridgehead atoms. The molecule has 0 spiro atoms. The molecule has 1 saturated heterocycles. The van der Waals surface area contributed by atoms with Crippen LogP contribution in [0, 0.1) is 11.8 Å². The van der Waals surface area contributed by atoms with Crippen molar-refractivity contribution in [3.05, 3.63) is 12.2 Å². The maximum Gasteiger partial charge on any atom is 0.228 e. The van der Waals surface area contributed by atoms with E-state index >= 15 is 0 Å². The van der Waals surface area contributed by atoms with Crippen molar-refractivity contribution in [2.24, 2.45) is 11.8 Å². The van der Waals surface area contributed by atoms with Crippen LogP contribution < -0.4 is 5.32 Å². The van der Waals surface area contributed by atoms with Crippen LogP contribution >= 0.6 is 0 Å². The van der Waals surface area contributed by atoms with E-state index in [1.165, 1.54) is 0 Å². The average molecular weight is 209 g/mol.